The van der Waals surface area contributed by atoms with Gasteiger partial charge in [-0.05, 0) is 31.5 Å². The summed E-state index contributed by atoms with van der Waals surface area (Å²) in [7, 11) is 0. The van der Waals surface area contributed by atoms with Gasteiger partial charge in [0.2, 0.25) is 5.89 Å². The molecule has 33 heavy (non-hydrogen) atoms. The van der Waals surface area contributed by atoms with Crippen molar-refractivity contribution in [3.05, 3.63) is 70.3 Å². The first-order chi connectivity index (χ1) is 15.8. The summed E-state index contributed by atoms with van der Waals surface area (Å²) >= 11 is 0. The summed E-state index contributed by atoms with van der Waals surface area (Å²) in [5.41, 5.74) is -0.934. The van der Waals surface area contributed by atoms with Gasteiger partial charge < -0.3 is 9.15 Å². The third-order valence-corrected chi connectivity index (χ3v) is 5.20. The van der Waals surface area contributed by atoms with E-state index < -0.39 is 17.4 Å². The van der Waals surface area contributed by atoms with Gasteiger partial charge >= 0.3 is 6.18 Å². The van der Waals surface area contributed by atoms with Gasteiger partial charge in [0.05, 0.1) is 17.9 Å². The highest BCUT2D eigenvalue weighted by atomic mass is 19.4. The van der Waals surface area contributed by atoms with Crippen LogP contribution in [0.3, 0.4) is 0 Å². The molecule has 3 aromatic heterocycles. The number of aryl methyl sites for hydroxylation is 1. The topological polar surface area (TPSA) is 85.4 Å². The van der Waals surface area contributed by atoms with Crippen LogP contribution in [0.2, 0.25) is 0 Å². The maximum Gasteiger partial charge on any atom is 0.433 e. The van der Waals surface area contributed by atoms with Gasteiger partial charge in [-0.15, -0.1) is 0 Å². The zero-order valence-corrected chi connectivity index (χ0v) is 17.5. The Hall–Kier alpha value is -4.08. The Bertz CT molecular complexity index is 1550. The van der Waals surface area contributed by atoms with E-state index in [0.717, 1.165) is 4.52 Å². The summed E-state index contributed by atoms with van der Waals surface area (Å²) in [6, 6.07) is 13.1. The lowest BCUT2D eigenvalue weighted by atomic mass is 10.1. The lowest BCUT2D eigenvalue weighted by molar-refractivity contribution is -0.140. The third kappa shape index (κ3) is 3.34. The first-order valence-corrected chi connectivity index (χ1v) is 10.1. The minimum atomic E-state index is -4.73. The van der Waals surface area contributed by atoms with Gasteiger partial charge in [0.1, 0.15) is 17.0 Å². The molecule has 0 radical (unpaired) electrons. The molecular formula is C23H17F3N4O3. The number of benzene rings is 2. The Labute approximate surface area is 184 Å². The molecule has 7 nitrogen and oxygen atoms in total. The molecule has 2 aromatic carbocycles. The molecule has 0 aliphatic rings. The molecule has 1 N–H and O–H groups in total. The van der Waals surface area contributed by atoms with E-state index in [4.69, 9.17) is 9.15 Å². The van der Waals surface area contributed by atoms with E-state index >= 15 is 0 Å². The number of hydrogen-bond donors (Lipinski definition) is 1. The summed E-state index contributed by atoms with van der Waals surface area (Å²) in [4.78, 5) is 22.1. The fourth-order valence-corrected chi connectivity index (χ4v) is 3.81. The molecule has 0 saturated carbocycles. The smallest absolute Gasteiger partial charge is 0.433 e. The van der Waals surface area contributed by atoms with Gasteiger partial charge in [-0.25, -0.2) is 9.97 Å². The number of aromatic amines is 1. The molecule has 0 bridgehead atoms. The number of ether oxygens (including phenoxy) is 1. The van der Waals surface area contributed by atoms with Crippen LogP contribution in [-0.2, 0) is 6.18 Å². The van der Waals surface area contributed by atoms with Crippen LogP contribution in [0.5, 0.6) is 5.75 Å². The number of fused-ring (bicyclic) bond motifs is 2. The van der Waals surface area contributed by atoms with Crippen LogP contribution in [0, 0.1) is 6.92 Å². The summed E-state index contributed by atoms with van der Waals surface area (Å²) in [6.07, 6.45) is -4.73. The van der Waals surface area contributed by atoms with Crippen molar-refractivity contribution < 1.29 is 22.3 Å². The predicted octanol–water partition coefficient (Wildman–Crippen LogP) is 5.22. The van der Waals surface area contributed by atoms with Crippen LogP contribution in [0.15, 0.2) is 57.7 Å². The van der Waals surface area contributed by atoms with Crippen LogP contribution in [0.1, 0.15) is 18.3 Å². The van der Waals surface area contributed by atoms with Crippen molar-refractivity contribution in [2.75, 3.05) is 6.61 Å². The number of aromatic nitrogens is 4. The summed E-state index contributed by atoms with van der Waals surface area (Å²) in [6.45, 7) is 3.76. The molecule has 0 aliphatic heterocycles. The zero-order valence-electron chi connectivity index (χ0n) is 17.5. The van der Waals surface area contributed by atoms with E-state index in [1.54, 1.807) is 36.4 Å². The molecule has 10 heteroatoms. The Kier molecular flexibility index (Phi) is 4.73. The summed E-state index contributed by atoms with van der Waals surface area (Å²) in [5, 5.41) is 2.20. The molecule has 168 valence electrons. The molecule has 5 aromatic rings. The Morgan fingerprint density at radius 2 is 1.82 bits per heavy atom. The second kappa shape index (κ2) is 7.51. The number of rotatable bonds is 4. The summed E-state index contributed by atoms with van der Waals surface area (Å²) in [5.74, 6) is 0.424. The van der Waals surface area contributed by atoms with Crippen LogP contribution >= 0.6 is 0 Å². The average Bonchev–Trinajstić information content (AvgIpc) is 3.37. The van der Waals surface area contributed by atoms with E-state index in [2.05, 4.69) is 15.1 Å². The van der Waals surface area contributed by atoms with Crippen molar-refractivity contribution in [2.45, 2.75) is 20.0 Å². The second-order valence-corrected chi connectivity index (χ2v) is 7.32. The van der Waals surface area contributed by atoms with Gasteiger partial charge in [0.15, 0.2) is 16.7 Å². The molecule has 3 heterocycles. The maximum atomic E-state index is 13.9. The van der Waals surface area contributed by atoms with Gasteiger partial charge in [0.25, 0.3) is 5.56 Å². The first-order valence-electron chi connectivity index (χ1n) is 10.1. The van der Waals surface area contributed by atoms with E-state index in [1.807, 2.05) is 6.92 Å². The molecule has 0 aliphatic carbocycles. The van der Waals surface area contributed by atoms with Crippen LogP contribution in [0.25, 0.3) is 39.3 Å². The number of halogens is 3. The van der Waals surface area contributed by atoms with Crippen molar-refractivity contribution >= 4 is 16.7 Å². The molecule has 0 unspecified atom stereocenters. The van der Waals surface area contributed by atoms with Crippen molar-refractivity contribution in [3.63, 3.8) is 0 Å². The average molecular weight is 454 g/mol. The molecule has 0 saturated heterocycles. The second-order valence-electron chi connectivity index (χ2n) is 7.32. The van der Waals surface area contributed by atoms with Crippen molar-refractivity contribution in [1.82, 2.24) is 19.6 Å². The van der Waals surface area contributed by atoms with Gasteiger partial charge in [-0.1, -0.05) is 36.4 Å². The van der Waals surface area contributed by atoms with Crippen LogP contribution in [-0.4, -0.2) is 26.2 Å². The highest BCUT2D eigenvalue weighted by Gasteiger charge is 2.38. The van der Waals surface area contributed by atoms with Gasteiger partial charge in [0, 0.05) is 0 Å². The molecule has 0 amide bonds. The number of oxazole rings is 1. The quantitative estimate of drug-likeness (QED) is 0.402. The number of hydrogen-bond acceptors (Lipinski definition) is 5. The van der Waals surface area contributed by atoms with Crippen LogP contribution in [0.4, 0.5) is 13.2 Å². The monoisotopic (exact) mass is 454 g/mol. The molecular weight excluding hydrogens is 437 g/mol. The Balaban J connectivity index is 1.80. The van der Waals surface area contributed by atoms with Crippen molar-refractivity contribution in [2.24, 2.45) is 0 Å². The normalized spacial score (nSPS) is 12.0. The first kappa shape index (κ1) is 20.8. The molecule has 5 rings (SSSR count). The van der Waals surface area contributed by atoms with Gasteiger partial charge in [-0.2, -0.15) is 17.7 Å². The molecule has 0 atom stereocenters. The number of alkyl halides is 3. The van der Waals surface area contributed by atoms with Crippen LogP contribution < -0.4 is 10.3 Å². The van der Waals surface area contributed by atoms with E-state index in [0.29, 0.717) is 23.5 Å². The Morgan fingerprint density at radius 1 is 1.06 bits per heavy atom. The fraction of sp³-hybridized carbons (Fsp3) is 0.174. The van der Waals surface area contributed by atoms with E-state index in [-0.39, 0.29) is 33.9 Å². The third-order valence-electron chi connectivity index (χ3n) is 5.20. The number of H-pyrrole nitrogens is 1. The zero-order chi connectivity index (χ0) is 23.3. The van der Waals surface area contributed by atoms with E-state index in [1.165, 1.54) is 19.1 Å². The predicted molar refractivity (Wildman–Crippen MR) is 115 cm³/mol. The lowest BCUT2D eigenvalue weighted by Crippen LogP contribution is -2.20. The van der Waals surface area contributed by atoms with E-state index in [9.17, 15) is 18.0 Å². The Morgan fingerprint density at radius 3 is 2.52 bits per heavy atom. The number of nitrogens with one attached hydrogen (secondary N) is 1. The number of nitrogens with zero attached hydrogens (tertiary/aromatic N) is 3. The highest BCUT2D eigenvalue weighted by molar-refractivity contribution is 5.84. The fourth-order valence-electron chi connectivity index (χ4n) is 3.81. The van der Waals surface area contributed by atoms with Gasteiger partial charge in [-0.3, -0.25) is 9.89 Å². The lowest BCUT2D eigenvalue weighted by Gasteiger charge is -2.07. The largest absolute Gasteiger partial charge is 0.491 e. The highest BCUT2D eigenvalue weighted by Crippen LogP contribution is 2.38. The minimum absolute atomic E-state index is 0.0410. The van der Waals surface area contributed by atoms with Crippen molar-refractivity contribution in [1.29, 1.82) is 0 Å². The molecule has 0 fully saturated rings. The maximum absolute atomic E-state index is 13.9. The van der Waals surface area contributed by atoms with Crippen molar-refractivity contribution in [3.8, 4) is 28.3 Å². The minimum Gasteiger partial charge on any atom is -0.491 e. The summed E-state index contributed by atoms with van der Waals surface area (Å²) < 4.78 is 53.7. The molecule has 0 spiro atoms. The standard InChI is InChI=1S/C23H17F3N4O3/c1-3-32-14-10-7-11-15-18(14)28-21(33-15)16-12(2)27-20-17(13-8-5-4-6-9-13)19(23(24,25)26)29-30(20)22(16)31/h4-11,29H,3H2,1-2H3. The SMILES string of the molecule is CCOc1cccc2oc(-c3c(C)nc4c(-c5ccccc5)c(C(F)(F)F)[nH]n4c3=O)nc12. The number of para-hydroxylation sites is 1.